The highest BCUT2D eigenvalue weighted by Gasteiger charge is 2.07. The van der Waals surface area contributed by atoms with E-state index in [-0.39, 0.29) is 5.78 Å². The van der Waals surface area contributed by atoms with Gasteiger partial charge in [-0.1, -0.05) is 29.3 Å². The smallest absolute Gasteiger partial charge is 0.139 e. The molecular formula is C12H14Cl2O2. The standard InChI is InChI=1S/C12H14Cl2O2/c1-2-16-6-5-11(15)7-9-3-4-10(13)8-12(9)14/h3-4,8H,2,5-7H2,1H3. The highest BCUT2D eigenvalue weighted by atomic mass is 35.5. The Kier molecular flexibility index (Phi) is 5.81. The van der Waals surface area contributed by atoms with Crippen molar-refractivity contribution in [1.29, 1.82) is 0 Å². The van der Waals surface area contributed by atoms with Crippen molar-refractivity contribution >= 4 is 29.0 Å². The number of hydrogen-bond acceptors (Lipinski definition) is 2. The van der Waals surface area contributed by atoms with Crippen molar-refractivity contribution in [1.82, 2.24) is 0 Å². The molecule has 0 aliphatic heterocycles. The largest absolute Gasteiger partial charge is 0.381 e. The van der Waals surface area contributed by atoms with Crippen LogP contribution in [0, 0.1) is 0 Å². The maximum Gasteiger partial charge on any atom is 0.139 e. The van der Waals surface area contributed by atoms with Gasteiger partial charge in [0.25, 0.3) is 0 Å². The third kappa shape index (κ3) is 4.52. The zero-order valence-electron chi connectivity index (χ0n) is 9.13. The third-order valence-electron chi connectivity index (χ3n) is 2.13. The molecule has 0 radical (unpaired) electrons. The molecule has 0 aromatic heterocycles. The van der Waals surface area contributed by atoms with Gasteiger partial charge in [-0.25, -0.2) is 0 Å². The molecular weight excluding hydrogens is 247 g/mol. The molecule has 4 heteroatoms. The first-order chi connectivity index (χ1) is 7.63. The van der Waals surface area contributed by atoms with Crippen molar-refractivity contribution in [3.63, 3.8) is 0 Å². The predicted octanol–water partition coefficient (Wildman–Crippen LogP) is 3.53. The monoisotopic (exact) mass is 260 g/mol. The molecule has 1 rings (SSSR count). The van der Waals surface area contributed by atoms with Crippen molar-refractivity contribution in [2.24, 2.45) is 0 Å². The minimum Gasteiger partial charge on any atom is -0.381 e. The van der Waals surface area contributed by atoms with Gasteiger partial charge >= 0.3 is 0 Å². The molecule has 1 aromatic rings. The van der Waals surface area contributed by atoms with Crippen LogP contribution < -0.4 is 0 Å². The van der Waals surface area contributed by atoms with Crippen LogP contribution in [0.3, 0.4) is 0 Å². The van der Waals surface area contributed by atoms with Crippen LogP contribution in [0.5, 0.6) is 0 Å². The van der Waals surface area contributed by atoms with Gasteiger partial charge in [0.05, 0.1) is 6.61 Å². The van der Waals surface area contributed by atoms with Crippen LogP contribution >= 0.6 is 23.2 Å². The number of halogens is 2. The lowest BCUT2D eigenvalue weighted by atomic mass is 10.1. The van der Waals surface area contributed by atoms with Gasteiger partial charge in [0.15, 0.2) is 0 Å². The first-order valence-electron chi connectivity index (χ1n) is 5.17. The second kappa shape index (κ2) is 6.89. The summed E-state index contributed by atoms with van der Waals surface area (Å²) in [5.41, 5.74) is 0.813. The van der Waals surface area contributed by atoms with Crippen LogP contribution in [-0.4, -0.2) is 19.0 Å². The molecule has 0 heterocycles. The van der Waals surface area contributed by atoms with Crippen LogP contribution in [0.2, 0.25) is 10.0 Å². The quantitative estimate of drug-likeness (QED) is 0.732. The first-order valence-corrected chi connectivity index (χ1v) is 5.92. The number of carbonyl (C=O) groups is 1. The molecule has 0 saturated carbocycles. The van der Waals surface area contributed by atoms with E-state index in [0.717, 1.165) is 5.56 Å². The number of benzene rings is 1. The van der Waals surface area contributed by atoms with Crippen LogP contribution in [0.4, 0.5) is 0 Å². The van der Waals surface area contributed by atoms with Gasteiger partial charge in [-0.15, -0.1) is 0 Å². The maximum absolute atomic E-state index is 11.6. The van der Waals surface area contributed by atoms with E-state index in [1.807, 2.05) is 6.92 Å². The molecule has 0 aliphatic rings. The van der Waals surface area contributed by atoms with Crippen molar-refractivity contribution in [3.8, 4) is 0 Å². The molecule has 0 atom stereocenters. The molecule has 0 N–H and O–H groups in total. The van der Waals surface area contributed by atoms with Gasteiger partial charge in [-0.2, -0.15) is 0 Å². The number of rotatable bonds is 6. The van der Waals surface area contributed by atoms with Crippen molar-refractivity contribution in [2.45, 2.75) is 19.8 Å². The van der Waals surface area contributed by atoms with Crippen LogP contribution in [-0.2, 0) is 16.0 Å². The fraction of sp³-hybridized carbons (Fsp3) is 0.417. The molecule has 16 heavy (non-hydrogen) atoms. The Hall–Kier alpha value is -0.570. The van der Waals surface area contributed by atoms with Crippen LogP contribution in [0.15, 0.2) is 18.2 Å². The van der Waals surface area contributed by atoms with Crippen molar-refractivity contribution < 1.29 is 9.53 Å². The van der Waals surface area contributed by atoms with Gasteiger partial charge in [0.2, 0.25) is 0 Å². The fourth-order valence-corrected chi connectivity index (χ4v) is 1.77. The minimum atomic E-state index is 0.123. The topological polar surface area (TPSA) is 26.3 Å². The van der Waals surface area contributed by atoms with Gasteiger partial charge in [-0.05, 0) is 24.6 Å². The van der Waals surface area contributed by atoms with E-state index in [4.69, 9.17) is 27.9 Å². The lowest BCUT2D eigenvalue weighted by molar-refractivity contribution is -0.119. The van der Waals surface area contributed by atoms with E-state index in [1.54, 1.807) is 18.2 Å². The van der Waals surface area contributed by atoms with Crippen LogP contribution in [0.1, 0.15) is 18.9 Å². The summed E-state index contributed by atoms with van der Waals surface area (Å²) in [6, 6.07) is 5.16. The van der Waals surface area contributed by atoms with Gasteiger partial charge < -0.3 is 4.74 Å². The van der Waals surface area contributed by atoms with Crippen LogP contribution in [0.25, 0.3) is 0 Å². The van der Waals surface area contributed by atoms with E-state index in [0.29, 0.717) is 36.1 Å². The molecule has 0 saturated heterocycles. The summed E-state index contributed by atoms with van der Waals surface area (Å²) >= 11 is 11.7. The Morgan fingerprint density at radius 2 is 2.12 bits per heavy atom. The zero-order valence-corrected chi connectivity index (χ0v) is 10.6. The van der Waals surface area contributed by atoms with E-state index >= 15 is 0 Å². The van der Waals surface area contributed by atoms with E-state index < -0.39 is 0 Å². The molecule has 0 bridgehead atoms. The summed E-state index contributed by atoms with van der Waals surface area (Å²) in [5.74, 6) is 0.123. The number of Topliss-reactive ketones (excluding diaryl/α,β-unsaturated/α-hetero) is 1. The average Bonchev–Trinajstić information content (AvgIpc) is 2.23. The summed E-state index contributed by atoms with van der Waals surface area (Å²) in [6.07, 6.45) is 0.760. The molecule has 88 valence electrons. The normalized spacial score (nSPS) is 10.4. The Labute approximate surface area is 106 Å². The SMILES string of the molecule is CCOCCC(=O)Cc1ccc(Cl)cc1Cl. The van der Waals surface area contributed by atoms with Gasteiger partial charge in [-0.3, -0.25) is 4.79 Å². The summed E-state index contributed by atoms with van der Waals surface area (Å²) in [7, 11) is 0. The lowest BCUT2D eigenvalue weighted by Crippen LogP contribution is -2.07. The van der Waals surface area contributed by atoms with Crippen molar-refractivity contribution in [3.05, 3.63) is 33.8 Å². The van der Waals surface area contributed by atoms with Gasteiger partial charge in [0.1, 0.15) is 5.78 Å². The number of ether oxygens (including phenoxy) is 1. The molecule has 0 unspecified atom stereocenters. The zero-order chi connectivity index (χ0) is 12.0. The Bertz CT molecular complexity index is 364. The fourth-order valence-electron chi connectivity index (χ4n) is 1.30. The lowest BCUT2D eigenvalue weighted by Gasteiger charge is -2.04. The first kappa shape index (κ1) is 13.5. The third-order valence-corrected chi connectivity index (χ3v) is 2.72. The highest BCUT2D eigenvalue weighted by molar-refractivity contribution is 6.35. The number of carbonyl (C=O) groups excluding carboxylic acids is 1. The van der Waals surface area contributed by atoms with E-state index in [2.05, 4.69) is 0 Å². The highest BCUT2D eigenvalue weighted by Crippen LogP contribution is 2.21. The molecule has 2 nitrogen and oxygen atoms in total. The molecule has 0 amide bonds. The second-order valence-electron chi connectivity index (χ2n) is 3.40. The Morgan fingerprint density at radius 1 is 1.38 bits per heavy atom. The summed E-state index contributed by atoms with van der Waals surface area (Å²) in [5, 5.41) is 1.12. The van der Waals surface area contributed by atoms with Gasteiger partial charge in [0, 0.05) is 29.5 Å². The maximum atomic E-state index is 11.6. The molecule has 1 aromatic carbocycles. The van der Waals surface area contributed by atoms with E-state index in [9.17, 15) is 4.79 Å². The molecule has 0 aliphatic carbocycles. The summed E-state index contributed by atoms with van der Waals surface area (Å²) in [6.45, 7) is 3.01. The number of hydrogen-bond donors (Lipinski definition) is 0. The molecule has 0 spiro atoms. The Balaban J connectivity index is 2.49. The second-order valence-corrected chi connectivity index (χ2v) is 4.24. The summed E-state index contributed by atoms with van der Waals surface area (Å²) in [4.78, 5) is 11.6. The predicted molar refractivity (Wildman–Crippen MR) is 66.3 cm³/mol. The Morgan fingerprint density at radius 3 is 2.75 bits per heavy atom. The van der Waals surface area contributed by atoms with Crippen molar-refractivity contribution in [2.75, 3.05) is 13.2 Å². The summed E-state index contributed by atoms with van der Waals surface area (Å²) < 4.78 is 5.12. The number of ketones is 1. The minimum absolute atomic E-state index is 0.123. The van der Waals surface area contributed by atoms with E-state index in [1.165, 1.54) is 0 Å². The molecule has 0 fully saturated rings. The average molecular weight is 261 g/mol.